The van der Waals surface area contributed by atoms with Gasteiger partial charge in [-0.3, -0.25) is 4.79 Å². The number of nitrogens with one attached hydrogen (secondary N) is 1. The number of rotatable bonds is 3. The van der Waals surface area contributed by atoms with Crippen molar-refractivity contribution in [1.82, 2.24) is 0 Å². The van der Waals surface area contributed by atoms with Crippen molar-refractivity contribution in [2.45, 2.75) is 11.3 Å². The van der Waals surface area contributed by atoms with E-state index < -0.39 is 26.5 Å². The van der Waals surface area contributed by atoms with E-state index in [1.165, 1.54) is 6.07 Å². The van der Waals surface area contributed by atoms with Crippen LogP contribution in [0, 0.1) is 11.7 Å². The van der Waals surface area contributed by atoms with E-state index in [-0.39, 0.29) is 18.2 Å². The summed E-state index contributed by atoms with van der Waals surface area (Å²) >= 11 is 0. The van der Waals surface area contributed by atoms with E-state index in [0.717, 1.165) is 29.7 Å². The molecule has 1 aliphatic rings. The fourth-order valence-electron chi connectivity index (χ4n) is 2.62. The Morgan fingerprint density at radius 2 is 2.00 bits per heavy atom. The van der Waals surface area contributed by atoms with Gasteiger partial charge in [-0.25, -0.2) is 12.8 Å². The zero-order chi connectivity index (χ0) is 17.3. The Kier molecular flexibility index (Phi) is 4.28. The van der Waals surface area contributed by atoms with Crippen molar-refractivity contribution in [2.75, 3.05) is 18.2 Å². The molecule has 0 saturated heterocycles. The number of anilines is 1. The number of carbonyl (C=O) groups is 1. The maximum absolute atomic E-state index is 13.9. The summed E-state index contributed by atoms with van der Waals surface area (Å²) < 4.78 is 42.3. The number of para-hydroxylation sites is 1. The van der Waals surface area contributed by atoms with Gasteiger partial charge in [0.1, 0.15) is 23.1 Å². The van der Waals surface area contributed by atoms with Crippen molar-refractivity contribution in [1.29, 1.82) is 0 Å². The Morgan fingerprint density at radius 1 is 1.25 bits per heavy atom. The van der Waals surface area contributed by atoms with Gasteiger partial charge in [-0.05, 0) is 36.2 Å². The molecule has 0 fully saturated rings. The van der Waals surface area contributed by atoms with Crippen LogP contribution in [0.5, 0.6) is 5.75 Å². The largest absolute Gasteiger partial charge is 0.492 e. The van der Waals surface area contributed by atoms with Crippen LogP contribution in [0.3, 0.4) is 0 Å². The lowest BCUT2D eigenvalue weighted by atomic mass is 9.96. The SMILES string of the molecule is CS(=O)(=O)c1ccc(NC(=O)[C@H]2COc3ccccc3C2)cc1F. The summed E-state index contributed by atoms with van der Waals surface area (Å²) in [6.07, 6.45) is 1.46. The average Bonchev–Trinajstić information content (AvgIpc) is 2.53. The monoisotopic (exact) mass is 349 g/mol. The van der Waals surface area contributed by atoms with E-state index in [0.29, 0.717) is 6.42 Å². The lowest BCUT2D eigenvalue weighted by Gasteiger charge is -2.24. The molecule has 1 heterocycles. The average molecular weight is 349 g/mol. The molecule has 24 heavy (non-hydrogen) atoms. The second kappa shape index (κ2) is 6.24. The van der Waals surface area contributed by atoms with Crippen molar-refractivity contribution < 1.29 is 22.3 Å². The molecule has 1 aliphatic heterocycles. The maximum atomic E-state index is 13.9. The van der Waals surface area contributed by atoms with Crippen molar-refractivity contribution in [2.24, 2.45) is 5.92 Å². The predicted octanol–water partition coefficient (Wildman–Crippen LogP) is 2.42. The molecule has 0 saturated carbocycles. The van der Waals surface area contributed by atoms with E-state index in [9.17, 15) is 17.6 Å². The number of benzene rings is 2. The van der Waals surface area contributed by atoms with Crippen LogP contribution in [0.2, 0.25) is 0 Å². The second-order valence-electron chi connectivity index (χ2n) is 5.73. The molecule has 1 amide bonds. The third kappa shape index (κ3) is 3.41. The number of fused-ring (bicyclic) bond motifs is 1. The summed E-state index contributed by atoms with van der Waals surface area (Å²) in [5, 5.41) is 2.61. The first-order valence-electron chi connectivity index (χ1n) is 7.36. The van der Waals surface area contributed by atoms with Gasteiger partial charge in [0, 0.05) is 11.9 Å². The third-order valence-electron chi connectivity index (χ3n) is 3.85. The molecule has 3 rings (SSSR count). The van der Waals surface area contributed by atoms with Crippen LogP contribution in [-0.4, -0.2) is 27.2 Å². The van der Waals surface area contributed by atoms with E-state index >= 15 is 0 Å². The van der Waals surface area contributed by atoms with Crippen LogP contribution in [0.1, 0.15) is 5.56 Å². The van der Waals surface area contributed by atoms with Gasteiger partial charge in [0.2, 0.25) is 5.91 Å². The molecular formula is C17H16FNO4S. The standard InChI is InChI=1S/C17H16FNO4S/c1-24(21,22)16-7-6-13(9-14(16)18)19-17(20)12-8-11-4-2-3-5-15(11)23-10-12/h2-7,9,12H,8,10H2,1H3,(H,19,20)/t12-/m1/s1. The maximum Gasteiger partial charge on any atom is 0.231 e. The van der Waals surface area contributed by atoms with Gasteiger partial charge in [-0.1, -0.05) is 18.2 Å². The summed E-state index contributed by atoms with van der Waals surface area (Å²) in [5.74, 6) is -0.806. The van der Waals surface area contributed by atoms with E-state index in [1.54, 1.807) is 0 Å². The minimum atomic E-state index is -3.64. The number of sulfone groups is 1. The van der Waals surface area contributed by atoms with Crippen molar-refractivity contribution in [3.63, 3.8) is 0 Å². The van der Waals surface area contributed by atoms with Gasteiger partial charge in [-0.15, -0.1) is 0 Å². The zero-order valence-electron chi connectivity index (χ0n) is 13.0. The summed E-state index contributed by atoms with van der Waals surface area (Å²) in [5.41, 5.74) is 1.16. The lowest BCUT2D eigenvalue weighted by Crippen LogP contribution is -2.32. The number of halogens is 1. The summed E-state index contributed by atoms with van der Waals surface area (Å²) in [6, 6.07) is 11.0. The van der Waals surface area contributed by atoms with Crippen molar-refractivity contribution in [3.05, 3.63) is 53.8 Å². The molecule has 0 unspecified atom stereocenters. The van der Waals surface area contributed by atoms with Crippen LogP contribution in [0.25, 0.3) is 0 Å². The van der Waals surface area contributed by atoms with Gasteiger partial charge in [0.25, 0.3) is 0 Å². The highest BCUT2D eigenvalue weighted by molar-refractivity contribution is 7.90. The first kappa shape index (κ1) is 16.4. The summed E-state index contributed by atoms with van der Waals surface area (Å²) in [4.78, 5) is 11.9. The molecule has 1 N–H and O–H groups in total. The van der Waals surface area contributed by atoms with Gasteiger partial charge < -0.3 is 10.1 Å². The molecule has 0 spiro atoms. The summed E-state index contributed by atoms with van der Waals surface area (Å²) in [6.45, 7) is 0.243. The molecule has 0 aromatic heterocycles. The first-order chi connectivity index (χ1) is 11.3. The van der Waals surface area contributed by atoms with Gasteiger partial charge in [0.15, 0.2) is 9.84 Å². The van der Waals surface area contributed by atoms with Crippen molar-refractivity contribution in [3.8, 4) is 5.75 Å². The summed E-state index contributed by atoms with van der Waals surface area (Å²) in [7, 11) is -3.64. The van der Waals surface area contributed by atoms with Crippen LogP contribution in [0.4, 0.5) is 10.1 Å². The molecule has 1 atom stereocenters. The molecule has 5 nitrogen and oxygen atoms in total. The second-order valence-corrected chi connectivity index (χ2v) is 7.71. The topological polar surface area (TPSA) is 72.5 Å². The molecule has 2 aromatic rings. The lowest BCUT2D eigenvalue weighted by molar-refractivity contribution is -0.121. The van der Waals surface area contributed by atoms with E-state index in [2.05, 4.69) is 5.32 Å². The highest BCUT2D eigenvalue weighted by Crippen LogP contribution is 2.27. The Balaban J connectivity index is 1.73. The highest BCUT2D eigenvalue weighted by atomic mass is 32.2. The number of amides is 1. The quantitative estimate of drug-likeness (QED) is 0.924. The number of ether oxygens (including phenoxy) is 1. The fourth-order valence-corrected chi connectivity index (χ4v) is 3.35. The van der Waals surface area contributed by atoms with Crippen LogP contribution < -0.4 is 10.1 Å². The first-order valence-corrected chi connectivity index (χ1v) is 9.25. The van der Waals surface area contributed by atoms with Crippen LogP contribution >= 0.6 is 0 Å². The third-order valence-corrected chi connectivity index (χ3v) is 4.98. The minimum absolute atomic E-state index is 0.212. The molecule has 7 heteroatoms. The molecule has 0 radical (unpaired) electrons. The molecule has 0 bridgehead atoms. The Morgan fingerprint density at radius 3 is 2.71 bits per heavy atom. The van der Waals surface area contributed by atoms with Crippen molar-refractivity contribution >= 4 is 21.4 Å². The Labute approximate surface area is 139 Å². The minimum Gasteiger partial charge on any atom is -0.492 e. The number of carbonyl (C=O) groups excluding carboxylic acids is 1. The van der Waals surface area contributed by atoms with E-state index in [4.69, 9.17) is 4.74 Å². The highest BCUT2D eigenvalue weighted by Gasteiger charge is 2.26. The molecule has 0 aliphatic carbocycles. The number of hydrogen-bond donors (Lipinski definition) is 1. The Bertz CT molecular complexity index is 895. The van der Waals surface area contributed by atoms with Gasteiger partial charge >= 0.3 is 0 Å². The van der Waals surface area contributed by atoms with E-state index in [1.807, 2.05) is 24.3 Å². The fraction of sp³-hybridized carbons (Fsp3) is 0.235. The van der Waals surface area contributed by atoms with Gasteiger partial charge in [0.05, 0.1) is 5.92 Å². The zero-order valence-corrected chi connectivity index (χ0v) is 13.8. The van der Waals surface area contributed by atoms with Gasteiger partial charge in [-0.2, -0.15) is 0 Å². The molecule has 126 valence electrons. The Hall–Kier alpha value is -2.41. The van der Waals surface area contributed by atoms with Crippen LogP contribution in [0.15, 0.2) is 47.4 Å². The van der Waals surface area contributed by atoms with Crippen LogP contribution in [-0.2, 0) is 21.1 Å². The normalized spacial score (nSPS) is 16.8. The smallest absolute Gasteiger partial charge is 0.231 e. The number of hydrogen-bond acceptors (Lipinski definition) is 4. The molecular weight excluding hydrogens is 333 g/mol. The molecule has 2 aromatic carbocycles. The predicted molar refractivity (Wildman–Crippen MR) is 87.3 cm³/mol.